The summed E-state index contributed by atoms with van der Waals surface area (Å²) in [6.07, 6.45) is 6.43. The average Bonchev–Trinajstić information content (AvgIpc) is 2.48. The lowest BCUT2D eigenvalue weighted by atomic mass is 9.69. The first kappa shape index (κ1) is 16.5. The monoisotopic (exact) mass is 291 g/mol. The van der Waals surface area contributed by atoms with Crippen LogP contribution >= 0.6 is 0 Å². The van der Waals surface area contributed by atoms with Crippen molar-refractivity contribution in [2.45, 2.75) is 58.8 Å². The van der Waals surface area contributed by atoms with Crippen LogP contribution in [0.5, 0.6) is 0 Å². The van der Waals surface area contributed by atoms with Crippen LogP contribution in [-0.4, -0.2) is 13.1 Å². The van der Waals surface area contributed by atoms with Gasteiger partial charge in [0.25, 0.3) is 0 Å². The van der Waals surface area contributed by atoms with Crippen molar-refractivity contribution in [3.63, 3.8) is 0 Å². The fourth-order valence-electron chi connectivity index (χ4n) is 3.96. The zero-order chi connectivity index (χ0) is 15.2. The van der Waals surface area contributed by atoms with Crippen LogP contribution in [0.1, 0.15) is 63.0 Å². The molecule has 1 nitrogen and oxygen atoms in total. The van der Waals surface area contributed by atoms with E-state index in [1.807, 2.05) is 6.07 Å². The number of aryl methyl sites for hydroxylation is 1. The molecule has 0 aromatic heterocycles. The second kappa shape index (κ2) is 7.93. The summed E-state index contributed by atoms with van der Waals surface area (Å²) in [7, 11) is 0. The fourth-order valence-corrected chi connectivity index (χ4v) is 3.96. The lowest BCUT2D eigenvalue weighted by Gasteiger charge is -2.37. The zero-order valence-electron chi connectivity index (χ0n) is 13.8. The van der Waals surface area contributed by atoms with E-state index in [1.54, 1.807) is 12.1 Å². The molecule has 1 fully saturated rings. The maximum atomic E-state index is 13.7. The molecule has 1 aromatic carbocycles. The minimum Gasteiger partial charge on any atom is -0.317 e. The number of rotatable bonds is 6. The first-order valence-corrected chi connectivity index (χ1v) is 8.62. The van der Waals surface area contributed by atoms with E-state index in [1.165, 1.54) is 43.2 Å². The van der Waals surface area contributed by atoms with E-state index in [0.29, 0.717) is 11.8 Å². The predicted molar refractivity (Wildman–Crippen MR) is 88.2 cm³/mol. The van der Waals surface area contributed by atoms with Gasteiger partial charge in [0.05, 0.1) is 0 Å². The Balaban J connectivity index is 2.20. The summed E-state index contributed by atoms with van der Waals surface area (Å²) in [4.78, 5) is 0. The molecule has 1 saturated carbocycles. The van der Waals surface area contributed by atoms with Gasteiger partial charge < -0.3 is 5.32 Å². The lowest BCUT2D eigenvalue weighted by molar-refractivity contribution is 0.220. The van der Waals surface area contributed by atoms with Gasteiger partial charge in [0.15, 0.2) is 0 Å². The Morgan fingerprint density at radius 2 is 2.05 bits per heavy atom. The second-order valence-corrected chi connectivity index (χ2v) is 6.64. The molecule has 0 heterocycles. The van der Waals surface area contributed by atoms with Crippen molar-refractivity contribution >= 4 is 0 Å². The number of hydrogen-bond donors (Lipinski definition) is 1. The van der Waals surface area contributed by atoms with Gasteiger partial charge in [-0.05, 0) is 73.9 Å². The molecular weight excluding hydrogens is 261 g/mol. The van der Waals surface area contributed by atoms with Crippen LogP contribution < -0.4 is 5.32 Å². The Kier molecular flexibility index (Phi) is 6.22. The Morgan fingerprint density at radius 3 is 2.76 bits per heavy atom. The van der Waals surface area contributed by atoms with Gasteiger partial charge in [-0.15, -0.1) is 0 Å². The van der Waals surface area contributed by atoms with E-state index < -0.39 is 0 Å². The molecule has 21 heavy (non-hydrogen) atoms. The SMILES string of the molecule is CCCC1CCC(CNCC)C(c2cc(F)ccc2C)C1. The smallest absolute Gasteiger partial charge is 0.123 e. The minimum absolute atomic E-state index is 0.0876. The van der Waals surface area contributed by atoms with Crippen LogP contribution in [0.3, 0.4) is 0 Å². The fraction of sp³-hybridized carbons (Fsp3) is 0.684. The average molecular weight is 291 g/mol. The summed E-state index contributed by atoms with van der Waals surface area (Å²) < 4.78 is 13.7. The largest absolute Gasteiger partial charge is 0.317 e. The molecule has 118 valence electrons. The van der Waals surface area contributed by atoms with E-state index in [9.17, 15) is 4.39 Å². The maximum absolute atomic E-state index is 13.7. The van der Waals surface area contributed by atoms with Gasteiger partial charge in [0, 0.05) is 0 Å². The van der Waals surface area contributed by atoms with Gasteiger partial charge in [-0.25, -0.2) is 4.39 Å². The van der Waals surface area contributed by atoms with Crippen molar-refractivity contribution in [1.82, 2.24) is 5.32 Å². The van der Waals surface area contributed by atoms with E-state index >= 15 is 0 Å². The Morgan fingerprint density at radius 1 is 1.24 bits per heavy atom. The number of benzene rings is 1. The summed E-state index contributed by atoms with van der Waals surface area (Å²) in [5, 5.41) is 3.50. The van der Waals surface area contributed by atoms with Crippen molar-refractivity contribution in [3.05, 3.63) is 35.1 Å². The molecule has 3 atom stereocenters. The first-order valence-electron chi connectivity index (χ1n) is 8.62. The van der Waals surface area contributed by atoms with Crippen molar-refractivity contribution < 1.29 is 4.39 Å². The molecule has 0 saturated heterocycles. The Labute approximate surface area is 129 Å². The predicted octanol–water partition coefficient (Wildman–Crippen LogP) is 5.04. The van der Waals surface area contributed by atoms with Crippen molar-refractivity contribution in [1.29, 1.82) is 0 Å². The van der Waals surface area contributed by atoms with Gasteiger partial charge in [0.2, 0.25) is 0 Å². The van der Waals surface area contributed by atoms with Gasteiger partial charge >= 0.3 is 0 Å². The van der Waals surface area contributed by atoms with Crippen LogP contribution in [0.25, 0.3) is 0 Å². The van der Waals surface area contributed by atoms with Crippen molar-refractivity contribution in [3.8, 4) is 0 Å². The summed E-state index contributed by atoms with van der Waals surface area (Å²) in [5.74, 6) is 1.90. The number of nitrogens with one attached hydrogen (secondary N) is 1. The third-order valence-electron chi connectivity index (χ3n) is 5.10. The highest BCUT2D eigenvalue weighted by atomic mass is 19.1. The van der Waals surface area contributed by atoms with E-state index in [2.05, 4.69) is 26.1 Å². The molecule has 3 unspecified atom stereocenters. The molecule has 1 aliphatic rings. The molecule has 0 amide bonds. The highest BCUT2D eigenvalue weighted by Crippen LogP contribution is 2.43. The zero-order valence-corrected chi connectivity index (χ0v) is 13.8. The van der Waals surface area contributed by atoms with Crippen LogP contribution in [-0.2, 0) is 0 Å². The Bertz CT molecular complexity index is 443. The van der Waals surface area contributed by atoms with Gasteiger partial charge in [-0.3, -0.25) is 0 Å². The third kappa shape index (κ3) is 4.29. The highest BCUT2D eigenvalue weighted by Gasteiger charge is 2.31. The number of halogens is 1. The summed E-state index contributed by atoms with van der Waals surface area (Å²) in [6.45, 7) is 8.64. The van der Waals surface area contributed by atoms with Crippen molar-refractivity contribution in [2.24, 2.45) is 11.8 Å². The van der Waals surface area contributed by atoms with E-state index in [0.717, 1.165) is 19.0 Å². The van der Waals surface area contributed by atoms with Crippen LogP contribution in [0.4, 0.5) is 4.39 Å². The topological polar surface area (TPSA) is 12.0 Å². The standard InChI is InChI=1S/C19H30FN/c1-4-6-15-8-9-16(13-21-5-2)19(11-15)18-12-17(20)10-7-14(18)3/h7,10,12,15-16,19,21H,4-6,8-9,11,13H2,1-3H3. The maximum Gasteiger partial charge on any atom is 0.123 e. The van der Waals surface area contributed by atoms with E-state index in [4.69, 9.17) is 0 Å². The molecule has 1 N–H and O–H groups in total. The molecular formula is C19H30FN. The van der Waals surface area contributed by atoms with Gasteiger partial charge in [-0.2, -0.15) is 0 Å². The molecule has 1 aromatic rings. The molecule has 2 rings (SSSR count). The lowest BCUT2D eigenvalue weighted by Crippen LogP contribution is -2.32. The molecule has 0 spiro atoms. The Hall–Kier alpha value is -0.890. The summed E-state index contributed by atoms with van der Waals surface area (Å²) in [5.41, 5.74) is 2.50. The third-order valence-corrected chi connectivity index (χ3v) is 5.10. The quantitative estimate of drug-likeness (QED) is 0.774. The molecule has 1 aliphatic carbocycles. The molecule has 0 aliphatic heterocycles. The van der Waals surface area contributed by atoms with Crippen LogP contribution in [0.15, 0.2) is 18.2 Å². The van der Waals surface area contributed by atoms with E-state index in [-0.39, 0.29) is 5.82 Å². The van der Waals surface area contributed by atoms with Gasteiger partial charge in [0.1, 0.15) is 5.82 Å². The van der Waals surface area contributed by atoms with Crippen molar-refractivity contribution in [2.75, 3.05) is 13.1 Å². The first-order chi connectivity index (χ1) is 10.2. The summed E-state index contributed by atoms with van der Waals surface area (Å²) >= 11 is 0. The van der Waals surface area contributed by atoms with Crippen LogP contribution in [0, 0.1) is 24.6 Å². The van der Waals surface area contributed by atoms with Gasteiger partial charge in [-0.1, -0.05) is 39.2 Å². The number of hydrogen-bond acceptors (Lipinski definition) is 1. The minimum atomic E-state index is -0.0876. The molecule has 0 radical (unpaired) electrons. The summed E-state index contributed by atoms with van der Waals surface area (Å²) in [6, 6.07) is 5.32. The van der Waals surface area contributed by atoms with Crippen LogP contribution in [0.2, 0.25) is 0 Å². The molecule has 2 heteroatoms. The molecule has 0 bridgehead atoms. The second-order valence-electron chi connectivity index (χ2n) is 6.64. The normalized spacial score (nSPS) is 26.0. The highest BCUT2D eigenvalue weighted by molar-refractivity contribution is 5.31.